The number of ether oxygens (including phenoxy) is 1. The maximum Gasteiger partial charge on any atom is 0.0885 e. The van der Waals surface area contributed by atoms with Crippen LogP contribution in [0.2, 0.25) is 0 Å². The first-order valence-electron chi connectivity index (χ1n) is 11.0. The van der Waals surface area contributed by atoms with Crippen LogP contribution in [0.15, 0.2) is 66.7 Å². The fraction of sp³-hybridized carbons (Fsp3) is 0.400. The third-order valence-electron chi connectivity index (χ3n) is 5.78. The van der Waals surface area contributed by atoms with Gasteiger partial charge in [-0.3, -0.25) is 4.90 Å². The fourth-order valence-electron chi connectivity index (χ4n) is 4.15. The summed E-state index contributed by atoms with van der Waals surface area (Å²) in [6.45, 7) is 6.28. The average Bonchev–Trinajstić information content (AvgIpc) is 3.21. The van der Waals surface area contributed by atoms with Gasteiger partial charge in [-0.05, 0) is 56.1 Å². The molecule has 0 bridgehead atoms. The highest BCUT2D eigenvalue weighted by atomic mass is 16.5. The van der Waals surface area contributed by atoms with E-state index in [1.165, 1.54) is 18.7 Å². The highest BCUT2D eigenvalue weighted by Gasteiger charge is 2.16. The molecule has 1 aliphatic heterocycles. The number of hydrogen-bond donors (Lipinski definition) is 0. The Kier molecular flexibility index (Phi) is 7.16. The van der Waals surface area contributed by atoms with Crippen LogP contribution in [-0.2, 0) is 17.8 Å². The van der Waals surface area contributed by atoms with E-state index in [2.05, 4.69) is 58.3 Å². The predicted molar refractivity (Wildman–Crippen MR) is 122 cm³/mol. The summed E-state index contributed by atoms with van der Waals surface area (Å²) in [5.41, 5.74) is 4.70. The lowest BCUT2D eigenvalue weighted by Gasteiger charge is -2.36. The Balaban J connectivity index is 1.23. The second-order valence-electron chi connectivity index (χ2n) is 7.93. The van der Waals surface area contributed by atoms with E-state index in [0.717, 1.165) is 56.1 Å². The minimum Gasteiger partial charge on any atom is -0.378 e. The largest absolute Gasteiger partial charge is 0.378 e. The van der Waals surface area contributed by atoms with Gasteiger partial charge in [-0.15, -0.1) is 0 Å². The quantitative estimate of drug-likeness (QED) is 0.502. The molecule has 2 heterocycles. The molecule has 30 heavy (non-hydrogen) atoms. The van der Waals surface area contributed by atoms with Crippen LogP contribution in [0.1, 0.15) is 24.2 Å². The molecule has 0 radical (unpaired) electrons. The lowest BCUT2D eigenvalue weighted by molar-refractivity contribution is 0.179. The number of methoxy groups -OCH3 is 1. The summed E-state index contributed by atoms with van der Waals surface area (Å²) in [5.74, 6) is 0. The number of nitrogens with zero attached hydrogens (tertiary/aromatic N) is 4. The van der Waals surface area contributed by atoms with Gasteiger partial charge in [-0.1, -0.05) is 36.4 Å². The average molecular weight is 405 g/mol. The second-order valence-corrected chi connectivity index (χ2v) is 7.93. The van der Waals surface area contributed by atoms with Crippen molar-refractivity contribution in [3.05, 3.63) is 78.1 Å². The zero-order valence-electron chi connectivity index (χ0n) is 17.9. The fourth-order valence-corrected chi connectivity index (χ4v) is 4.15. The molecule has 0 saturated carbocycles. The van der Waals surface area contributed by atoms with Gasteiger partial charge in [-0.25, -0.2) is 4.68 Å². The lowest BCUT2D eigenvalue weighted by atomic mass is 10.1. The first-order chi connectivity index (χ1) is 14.8. The van der Waals surface area contributed by atoms with Gasteiger partial charge in [0, 0.05) is 39.0 Å². The van der Waals surface area contributed by atoms with Gasteiger partial charge in [0.25, 0.3) is 0 Å². The smallest absolute Gasteiger partial charge is 0.0885 e. The van der Waals surface area contributed by atoms with Gasteiger partial charge in [0.15, 0.2) is 0 Å². The van der Waals surface area contributed by atoms with E-state index in [9.17, 15) is 0 Å². The molecule has 0 spiro atoms. The van der Waals surface area contributed by atoms with Crippen LogP contribution >= 0.6 is 0 Å². The van der Waals surface area contributed by atoms with Gasteiger partial charge in [0.1, 0.15) is 0 Å². The van der Waals surface area contributed by atoms with Crippen molar-refractivity contribution in [3.63, 3.8) is 0 Å². The Morgan fingerprint density at radius 3 is 2.17 bits per heavy atom. The lowest BCUT2D eigenvalue weighted by Crippen LogP contribution is -2.46. The number of rotatable bonds is 9. The minimum atomic E-state index is 0.577. The van der Waals surface area contributed by atoms with E-state index >= 15 is 0 Å². The molecule has 2 aromatic carbocycles. The molecule has 158 valence electrons. The predicted octanol–water partition coefficient (Wildman–Crippen LogP) is 4.16. The van der Waals surface area contributed by atoms with Gasteiger partial charge in [0.2, 0.25) is 0 Å². The second kappa shape index (κ2) is 10.4. The van der Waals surface area contributed by atoms with Crippen molar-refractivity contribution in [2.75, 3.05) is 44.7 Å². The molecular formula is C25H32N4O. The summed E-state index contributed by atoms with van der Waals surface area (Å²) in [7, 11) is 1.74. The Bertz CT molecular complexity index is 886. The molecule has 5 nitrogen and oxygen atoms in total. The van der Waals surface area contributed by atoms with E-state index < -0.39 is 0 Å². The Morgan fingerprint density at radius 1 is 0.833 bits per heavy atom. The zero-order chi connectivity index (χ0) is 20.6. The molecular weight excluding hydrogens is 372 g/mol. The number of piperazine rings is 1. The monoisotopic (exact) mass is 404 g/mol. The van der Waals surface area contributed by atoms with Crippen LogP contribution in [0.5, 0.6) is 0 Å². The van der Waals surface area contributed by atoms with Crippen molar-refractivity contribution < 1.29 is 4.74 Å². The van der Waals surface area contributed by atoms with E-state index in [4.69, 9.17) is 9.84 Å². The SMILES string of the molecule is COCc1cc(CCCCN2CCN(c3ccccc3)CC2)nn1-c1ccccc1. The third-order valence-corrected chi connectivity index (χ3v) is 5.78. The first-order valence-corrected chi connectivity index (χ1v) is 11.0. The molecule has 3 aromatic rings. The number of anilines is 1. The van der Waals surface area contributed by atoms with Crippen molar-refractivity contribution in [2.24, 2.45) is 0 Å². The minimum absolute atomic E-state index is 0.577. The summed E-state index contributed by atoms with van der Waals surface area (Å²) in [4.78, 5) is 5.09. The Labute approximate surface area is 179 Å². The Morgan fingerprint density at radius 2 is 1.50 bits per heavy atom. The number of aryl methyl sites for hydroxylation is 1. The molecule has 1 fully saturated rings. The molecule has 0 aliphatic carbocycles. The normalized spacial score (nSPS) is 14.9. The number of aromatic nitrogens is 2. The first kappa shape index (κ1) is 20.6. The summed E-state index contributed by atoms with van der Waals surface area (Å²) in [6.07, 6.45) is 3.39. The molecule has 4 rings (SSSR count). The third kappa shape index (κ3) is 5.29. The maximum absolute atomic E-state index is 5.38. The van der Waals surface area contributed by atoms with Crippen LogP contribution in [0, 0.1) is 0 Å². The van der Waals surface area contributed by atoms with E-state index in [1.54, 1.807) is 7.11 Å². The van der Waals surface area contributed by atoms with Crippen molar-refractivity contribution in [2.45, 2.75) is 25.9 Å². The Hall–Kier alpha value is -2.63. The zero-order valence-corrected chi connectivity index (χ0v) is 17.9. The number of hydrogen-bond acceptors (Lipinski definition) is 4. The summed E-state index contributed by atoms with van der Waals surface area (Å²) >= 11 is 0. The van der Waals surface area contributed by atoms with Gasteiger partial charge < -0.3 is 9.64 Å². The summed E-state index contributed by atoms with van der Waals surface area (Å²) < 4.78 is 7.39. The van der Waals surface area contributed by atoms with Gasteiger partial charge >= 0.3 is 0 Å². The van der Waals surface area contributed by atoms with Gasteiger partial charge in [0.05, 0.1) is 23.7 Å². The van der Waals surface area contributed by atoms with Crippen LogP contribution in [0.3, 0.4) is 0 Å². The van der Waals surface area contributed by atoms with Crippen molar-refractivity contribution >= 4 is 5.69 Å². The number of unbranched alkanes of at least 4 members (excludes halogenated alkanes) is 1. The molecule has 5 heteroatoms. The van der Waals surface area contributed by atoms with Crippen LogP contribution in [-0.4, -0.2) is 54.5 Å². The van der Waals surface area contributed by atoms with Crippen LogP contribution in [0.4, 0.5) is 5.69 Å². The molecule has 1 aliphatic rings. The molecule has 0 N–H and O–H groups in total. The molecule has 1 saturated heterocycles. The van der Waals surface area contributed by atoms with Crippen LogP contribution < -0.4 is 4.90 Å². The number of benzene rings is 2. The van der Waals surface area contributed by atoms with Gasteiger partial charge in [-0.2, -0.15) is 5.10 Å². The van der Waals surface area contributed by atoms with Crippen molar-refractivity contribution in [3.8, 4) is 5.69 Å². The maximum atomic E-state index is 5.38. The molecule has 0 unspecified atom stereocenters. The topological polar surface area (TPSA) is 33.5 Å². The van der Waals surface area contributed by atoms with E-state index in [1.807, 2.05) is 22.9 Å². The molecule has 1 aromatic heterocycles. The highest BCUT2D eigenvalue weighted by molar-refractivity contribution is 5.46. The standard InChI is InChI=1S/C25H32N4O/c1-30-21-25-20-22(26-29(25)24-13-6-3-7-14-24)10-8-9-15-27-16-18-28(19-17-27)23-11-4-2-5-12-23/h2-7,11-14,20H,8-10,15-19,21H2,1H3. The highest BCUT2D eigenvalue weighted by Crippen LogP contribution is 2.17. The van der Waals surface area contributed by atoms with Crippen LogP contribution in [0.25, 0.3) is 5.69 Å². The molecule has 0 amide bonds. The van der Waals surface area contributed by atoms with Crippen molar-refractivity contribution in [1.29, 1.82) is 0 Å². The van der Waals surface area contributed by atoms with Crippen molar-refractivity contribution in [1.82, 2.24) is 14.7 Å². The van der Waals surface area contributed by atoms with E-state index in [0.29, 0.717) is 6.61 Å². The molecule has 0 atom stereocenters. The summed E-state index contributed by atoms with van der Waals surface area (Å²) in [6, 6.07) is 23.2. The summed E-state index contributed by atoms with van der Waals surface area (Å²) in [5, 5.41) is 4.84. The van der Waals surface area contributed by atoms with E-state index in [-0.39, 0.29) is 0 Å². The number of para-hydroxylation sites is 2.